The lowest BCUT2D eigenvalue weighted by Crippen LogP contribution is -2.30. The number of fused-ring (bicyclic) bond motifs is 1. The molecule has 1 spiro atoms. The van der Waals surface area contributed by atoms with Gasteiger partial charge in [0.15, 0.2) is 5.82 Å². The van der Waals surface area contributed by atoms with E-state index in [0.29, 0.717) is 24.3 Å². The Morgan fingerprint density at radius 1 is 1.32 bits per heavy atom. The van der Waals surface area contributed by atoms with Gasteiger partial charge in [-0.1, -0.05) is 0 Å². The number of anilines is 2. The molecule has 2 aromatic rings. The molecule has 3 fully saturated rings. The number of aromatic carboxylic acids is 1. The summed E-state index contributed by atoms with van der Waals surface area (Å²) in [5.74, 6) is -2.00. The highest BCUT2D eigenvalue weighted by Crippen LogP contribution is 2.53. The van der Waals surface area contributed by atoms with Crippen LogP contribution in [0.25, 0.3) is 10.9 Å². The Bertz CT molecular complexity index is 1060. The van der Waals surface area contributed by atoms with Crippen LogP contribution >= 0.6 is 12.4 Å². The van der Waals surface area contributed by atoms with Gasteiger partial charge in [-0.3, -0.25) is 4.79 Å². The molecule has 2 heterocycles. The number of carboxylic acids is 1. The minimum Gasteiger partial charge on any atom is -0.477 e. The summed E-state index contributed by atoms with van der Waals surface area (Å²) < 4.78 is 16.9. The van der Waals surface area contributed by atoms with E-state index in [1.54, 1.807) is 10.6 Å². The highest BCUT2D eigenvalue weighted by atomic mass is 35.5. The summed E-state index contributed by atoms with van der Waals surface area (Å²) in [4.78, 5) is 26.1. The molecular formula is C19H22ClFN4O3. The molecule has 9 heteroatoms. The zero-order chi connectivity index (χ0) is 19.1. The van der Waals surface area contributed by atoms with Gasteiger partial charge < -0.3 is 26.0 Å². The molecule has 1 aromatic carbocycles. The van der Waals surface area contributed by atoms with E-state index in [9.17, 15) is 14.7 Å². The van der Waals surface area contributed by atoms with Crippen molar-refractivity contribution in [1.29, 1.82) is 0 Å². The minimum atomic E-state index is -1.33. The molecule has 3 aliphatic rings. The van der Waals surface area contributed by atoms with Crippen LogP contribution in [0.15, 0.2) is 17.1 Å². The molecule has 5 N–H and O–H groups in total. The van der Waals surface area contributed by atoms with Crippen molar-refractivity contribution in [3.63, 3.8) is 0 Å². The van der Waals surface area contributed by atoms with Gasteiger partial charge in [-0.2, -0.15) is 0 Å². The predicted octanol–water partition coefficient (Wildman–Crippen LogP) is 2.11. The summed E-state index contributed by atoms with van der Waals surface area (Å²) in [6.45, 7) is 1.22. The molecule has 2 saturated carbocycles. The number of pyridine rings is 1. The second kappa shape index (κ2) is 6.09. The van der Waals surface area contributed by atoms with Crippen LogP contribution in [0.1, 0.15) is 42.1 Å². The molecule has 1 aliphatic heterocycles. The zero-order valence-electron chi connectivity index (χ0n) is 15.2. The fraction of sp³-hybridized carbons (Fsp3) is 0.474. The highest BCUT2D eigenvalue weighted by Gasteiger charge is 2.54. The highest BCUT2D eigenvalue weighted by molar-refractivity contribution is 5.99. The zero-order valence-corrected chi connectivity index (χ0v) is 16.0. The molecule has 1 aromatic heterocycles. The monoisotopic (exact) mass is 408 g/mol. The largest absolute Gasteiger partial charge is 0.477 e. The number of benzene rings is 1. The standard InChI is InChI=1S/C19H21FN4O3.ClH/c20-15-12(23-7-13(21)19(8-23)3-4-19)5-11-14(16(15)22)17(25)10(18(26)27)6-24(11)9-1-2-9;/h5-6,9,13H,1-4,7-8,21-22H2,(H,26,27);1H. The van der Waals surface area contributed by atoms with Crippen molar-refractivity contribution in [1.82, 2.24) is 4.57 Å². The first-order valence-corrected chi connectivity index (χ1v) is 9.23. The van der Waals surface area contributed by atoms with E-state index in [2.05, 4.69) is 0 Å². The Hall–Kier alpha value is -2.32. The quantitative estimate of drug-likeness (QED) is 0.670. The molecule has 1 saturated heterocycles. The summed E-state index contributed by atoms with van der Waals surface area (Å²) in [5, 5.41) is 9.31. The van der Waals surface area contributed by atoms with Crippen LogP contribution in [-0.4, -0.2) is 34.8 Å². The van der Waals surface area contributed by atoms with Crippen molar-refractivity contribution in [3.05, 3.63) is 33.9 Å². The Balaban J connectivity index is 0.00000192. The van der Waals surface area contributed by atoms with Crippen LogP contribution in [0.3, 0.4) is 0 Å². The molecule has 2 aliphatic carbocycles. The molecule has 150 valence electrons. The number of nitrogens with zero attached hydrogens (tertiary/aromatic N) is 2. The van der Waals surface area contributed by atoms with E-state index in [1.807, 2.05) is 4.90 Å². The fourth-order valence-corrected chi connectivity index (χ4v) is 4.40. The van der Waals surface area contributed by atoms with Crippen molar-refractivity contribution < 1.29 is 14.3 Å². The van der Waals surface area contributed by atoms with Gasteiger partial charge in [-0.15, -0.1) is 12.4 Å². The van der Waals surface area contributed by atoms with Gasteiger partial charge in [-0.05, 0) is 31.7 Å². The van der Waals surface area contributed by atoms with Crippen molar-refractivity contribution in [2.45, 2.75) is 37.8 Å². The van der Waals surface area contributed by atoms with Gasteiger partial charge in [0.25, 0.3) is 0 Å². The van der Waals surface area contributed by atoms with Crippen LogP contribution in [0.5, 0.6) is 0 Å². The van der Waals surface area contributed by atoms with Crippen LogP contribution in [0, 0.1) is 11.2 Å². The van der Waals surface area contributed by atoms with Gasteiger partial charge in [0.05, 0.1) is 22.3 Å². The lowest BCUT2D eigenvalue weighted by Gasteiger charge is -2.22. The molecule has 1 unspecified atom stereocenters. The number of nitrogens with two attached hydrogens (primary N) is 2. The van der Waals surface area contributed by atoms with Gasteiger partial charge in [0.1, 0.15) is 5.56 Å². The van der Waals surface area contributed by atoms with Gasteiger partial charge >= 0.3 is 5.97 Å². The first kappa shape index (κ1) is 19.0. The maximum absolute atomic E-state index is 15.1. The topological polar surface area (TPSA) is 115 Å². The number of hydrogen-bond acceptors (Lipinski definition) is 5. The molecule has 1 atom stereocenters. The van der Waals surface area contributed by atoms with Crippen LogP contribution in [0.2, 0.25) is 0 Å². The van der Waals surface area contributed by atoms with E-state index < -0.39 is 17.2 Å². The van der Waals surface area contributed by atoms with Crippen molar-refractivity contribution in [2.75, 3.05) is 23.7 Å². The summed E-state index contributed by atoms with van der Waals surface area (Å²) in [6.07, 6.45) is 5.24. The SMILES string of the molecule is Cl.Nc1c(F)c(N2CC(N)C3(CC3)C2)cc2c1c(=O)c(C(=O)O)cn2C1CC1. The van der Waals surface area contributed by atoms with Gasteiger partial charge in [-0.25, -0.2) is 9.18 Å². The Morgan fingerprint density at radius 2 is 2.00 bits per heavy atom. The second-order valence-corrected chi connectivity index (χ2v) is 8.18. The lowest BCUT2D eigenvalue weighted by atomic mass is 10.0. The van der Waals surface area contributed by atoms with E-state index in [0.717, 1.165) is 25.7 Å². The number of hydrogen-bond donors (Lipinski definition) is 3. The van der Waals surface area contributed by atoms with Gasteiger partial charge in [0.2, 0.25) is 5.43 Å². The summed E-state index contributed by atoms with van der Waals surface area (Å²) in [5.41, 5.74) is 11.8. The third-order valence-corrected chi connectivity index (χ3v) is 6.39. The summed E-state index contributed by atoms with van der Waals surface area (Å²) >= 11 is 0. The molecule has 5 rings (SSSR count). The molecule has 0 bridgehead atoms. The predicted molar refractivity (Wildman–Crippen MR) is 107 cm³/mol. The number of nitrogen functional groups attached to an aromatic ring is 1. The van der Waals surface area contributed by atoms with Crippen molar-refractivity contribution in [3.8, 4) is 0 Å². The van der Waals surface area contributed by atoms with Crippen LogP contribution in [-0.2, 0) is 0 Å². The Labute approximate surface area is 166 Å². The maximum Gasteiger partial charge on any atom is 0.341 e. The number of rotatable bonds is 3. The lowest BCUT2D eigenvalue weighted by molar-refractivity contribution is 0.0695. The Morgan fingerprint density at radius 3 is 2.54 bits per heavy atom. The third kappa shape index (κ3) is 2.58. The molecule has 0 amide bonds. The number of carboxylic acid groups (broad SMARTS) is 1. The van der Waals surface area contributed by atoms with E-state index in [4.69, 9.17) is 11.5 Å². The summed E-state index contributed by atoms with van der Waals surface area (Å²) in [7, 11) is 0. The molecule has 28 heavy (non-hydrogen) atoms. The Kier molecular flexibility index (Phi) is 4.13. The normalized spacial score (nSPS) is 22.5. The van der Waals surface area contributed by atoms with E-state index in [-0.39, 0.29) is 46.5 Å². The molecule has 7 nitrogen and oxygen atoms in total. The number of aromatic nitrogens is 1. The summed E-state index contributed by atoms with van der Waals surface area (Å²) in [6, 6.07) is 1.74. The van der Waals surface area contributed by atoms with E-state index >= 15 is 4.39 Å². The first-order chi connectivity index (χ1) is 12.8. The fourth-order valence-electron chi connectivity index (χ4n) is 4.40. The third-order valence-electron chi connectivity index (χ3n) is 6.39. The van der Waals surface area contributed by atoms with Crippen molar-refractivity contribution >= 4 is 40.7 Å². The number of halogens is 2. The maximum atomic E-state index is 15.1. The second-order valence-electron chi connectivity index (χ2n) is 8.18. The van der Waals surface area contributed by atoms with Crippen molar-refractivity contribution in [2.24, 2.45) is 11.1 Å². The first-order valence-electron chi connectivity index (χ1n) is 9.23. The molecular weight excluding hydrogens is 387 g/mol. The number of carbonyl (C=O) groups is 1. The van der Waals surface area contributed by atoms with Crippen LogP contribution < -0.4 is 21.8 Å². The van der Waals surface area contributed by atoms with Crippen LogP contribution in [0.4, 0.5) is 15.8 Å². The molecule has 0 radical (unpaired) electrons. The van der Waals surface area contributed by atoms with E-state index in [1.165, 1.54) is 6.20 Å². The smallest absolute Gasteiger partial charge is 0.341 e. The van der Waals surface area contributed by atoms with Gasteiger partial charge in [0, 0.05) is 36.8 Å². The average molecular weight is 409 g/mol. The average Bonchev–Trinajstić information content (AvgIpc) is 3.51. The minimum absolute atomic E-state index is 0.